The summed E-state index contributed by atoms with van der Waals surface area (Å²) in [6.07, 6.45) is 3.05. The molecule has 0 radical (unpaired) electrons. The Morgan fingerprint density at radius 2 is 1.73 bits per heavy atom. The van der Waals surface area contributed by atoms with Gasteiger partial charge in [0.05, 0.1) is 22.5 Å². The lowest BCUT2D eigenvalue weighted by molar-refractivity contribution is 0.0698. The topological polar surface area (TPSA) is 103 Å². The number of fused-ring (bicyclic) bond motifs is 1. The number of pyridine rings is 1. The summed E-state index contributed by atoms with van der Waals surface area (Å²) in [6, 6.07) is 10.8. The molecule has 1 fully saturated rings. The molecule has 30 heavy (non-hydrogen) atoms. The number of anilines is 2. The first-order chi connectivity index (χ1) is 14.2. The molecule has 0 amide bonds. The zero-order valence-corrected chi connectivity index (χ0v) is 18.4. The Hall–Kier alpha value is -2.16. The zero-order valence-electron chi connectivity index (χ0n) is 15.9. The summed E-state index contributed by atoms with van der Waals surface area (Å²) in [7, 11) is -3.10. The number of benzene rings is 2. The number of nitrogens with one attached hydrogen (secondary N) is 1. The molecule has 1 saturated heterocycles. The molecule has 2 heterocycles. The van der Waals surface area contributed by atoms with Crippen LogP contribution in [-0.4, -0.2) is 34.2 Å². The van der Waals surface area contributed by atoms with Crippen LogP contribution in [0.4, 0.5) is 11.4 Å². The van der Waals surface area contributed by atoms with Crippen molar-refractivity contribution >= 4 is 60.0 Å². The Kier molecular flexibility index (Phi) is 5.74. The maximum absolute atomic E-state index is 11.8. The molecule has 2 aromatic carbocycles. The minimum atomic E-state index is -3.10. The van der Waals surface area contributed by atoms with Crippen LogP contribution in [0.5, 0.6) is 0 Å². The Morgan fingerprint density at radius 1 is 1.07 bits per heavy atom. The molecule has 0 saturated carbocycles. The van der Waals surface area contributed by atoms with Crippen molar-refractivity contribution in [2.75, 3.05) is 5.32 Å². The van der Waals surface area contributed by atoms with Crippen LogP contribution in [0, 0.1) is 0 Å². The highest BCUT2D eigenvalue weighted by Gasteiger charge is 2.36. The molecule has 0 atom stereocenters. The standard InChI is InChI=1S/C21H20Cl2N2O4Si/c22-13-1-3-18-15(9-13)20(25-19-4-2-14(23)10-16(19)21(26)27)17(11-24-18)12-5-7-30(28,29)8-6-12/h1-4,9-12,28-29H,5-8H2,(H,24,25)(H,26,27). The van der Waals surface area contributed by atoms with Gasteiger partial charge in [-0.15, -0.1) is 0 Å². The van der Waals surface area contributed by atoms with Crippen molar-refractivity contribution in [1.29, 1.82) is 0 Å². The van der Waals surface area contributed by atoms with E-state index in [1.165, 1.54) is 6.07 Å². The first kappa shape index (κ1) is 21.1. The van der Waals surface area contributed by atoms with E-state index in [4.69, 9.17) is 23.2 Å². The number of carbonyl (C=O) groups is 1. The molecule has 4 N–H and O–H groups in total. The Bertz CT molecular complexity index is 1130. The van der Waals surface area contributed by atoms with E-state index in [1.54, 1.807) is 30.5 Å². The van der Waals surface area contributed by atoms with Gasteiger partial charge in [0.15, 0.2) is 0 Å². The number of carboxylic acids is 1. The van der Waals surface area contributed by atoms with Gasteiger partial charge in [0.2, 0.25) is 0 Å². The zero-order chi connectivity index (χ0) is 21.5. The number of hydrogen-bond donors (Lipinski definition) is 4. The van der Waals surface area contributed by atoms with Gasteiger partial charge in [-0.25, -0.2) is 4.79 Å². The van der Waals surface area contributed by atoms with Gasteiger partial charge in [-0.3, -0.25) is 4.98 Å². The first-order valence-corrected chi connectivity index (χ1v) is 12.6. The van der Waals surface area contributed by atoms with Gasteiger partial charge >= 0.3 is 14.5 Å². The summed E-state index contributed by atoms with van der Waals surface area (Å²) >= 11 is 12.2. The third kappa shape index (κ3) is 4.31. The molecule has 0 bridgehead atoms. The maximum Gasteiger partial charge on any atom is 0.337 e. The lowest BCUT2D eigenvalue weighted by Gasteiger charge is -2.31. The molecule has 9 heteroatoms. The van der Waals surface area contributed by atoms with Gasteiger partial charge in [0.25, 0.3) is 0 Å². The minimum Gasteiger partial charge on any atom is -0.478 e. The Labute approximate surface area is 184 Å². The highest BCUT2D eigenvalue weighted by Crippen LogP contribution is 2.42. The fraction of sp³-hybridized carbons (Fsp3) is 0.238. The second kappa shape index (κ2) is 8.17. The van der Waals surface area contributed by atoms with Crippen molar-refractivity contribution in [3.63, 3.8) is 0 Å². The summed E-state index contributed by atoms with van der Waals surface area (Å²) in [4.78, 5) is 36.4. The van der Waals surface area contributed by atoms with Crippen molar-refractivity contribution in [3.8, 4) is 0 Å². The lowest BCUT2D eigenvalue weighted by Crippen LogP contribution is -2.38. The smallest absolute Gasteiger partial charge is 0.337 e. The number of halogens is 2. The van der Waals surface area contributed by atoms with E-state index in [0.717, 1.165) is 22.2 Å². The van der Waals surface area contributed by atoms with E-state index >= 15 is 0 Å². The van der Waals surface area contributed by atoms with Crippen LogP contribution in [0.25, 0.3) is 10.9 Å². The lowest BCUT2D eigenvalue weighted by atomic mass is 9.91. The quantitative estimate of drug-likeness (QED) is 0.392. The van der Waals surface area contributed by atoms with Crippen molar-refractivity contribution in [3.05, 3.63) is 63.8 Å². The summed E-state index contributed by atoms with van der Waals surface area (Å²) in [5.41, 5.74) is 2.81. The van der Waals surface area contributed by atoms with Crippen LogP contribution in [0.2, 0.25) is 22.1 Å². The van der Waals surface area contributed by atoms with Gasteiger partial charge in [-0.1, -0.05) is 23.2 Å². The largest absolute Gasteiger partial charge is 0.478 e. The van der Waals surface area contributed by atoms with E-state index in [0.29, 0.717) is 40.7 Å². The van der Waals surface area contributed by atoms with Gasteiger partial charge in [-0.2, -0.15) is 0 Å². The molecule has 1 aliphatic heterocycles. The van der Waals surface area contributed by atoms with Crippen LogP contribution < -0.4 is 5.32 Å². The van der Waals surface area contributed by atoms with E-state index in [2.05, 4.69) is 10.3 Å². The van der Waals surface area contributed by atoms with Crippen molar-refractivity contribution in [2.24, 2.45) is 0 Å². The predicted molar refractivity (Wildman–Crippen MR) is 120 cm³/mol. The molecule has 0 aliphatic carbocycles. The molecule has 0 unspecified atom stereocenters. The number of rotatable bonds is 4. The fourth-order valence-electron chi connectivity index (χ4n) is 3.96. The van der Waals surface area contributed by atoms with Gasteiger partial charge < -0.3 is 20.0 Å². The van der Waals surface area contributed by atoms with Gasteiger partial charge in [0, 0.05) is 21.6 Å². The first-order valence-electron chi connectivity index (χ1n) is 9.56. The third-order valence-electron chi connectivity index (χ3n) is 5.56. The molecule has 1 aliphatic rings. The second-order valence-corrected chi connectivity index (χ2v) is 11.5. The van der Waals surface area contributed by atoms with Crippen LogP contribution in [0.15, 0.2) is 42.6 Å². The van der Waals surface area contributed by atoms with E-state index in [-0.39, 0.29) is 11.5 Å². The van der Waals surface area contributed by atoms with Gasteiger partial charge in [0.1, 0.15) is 0 Å². The summed E-state index contributed by atoms with van der Waals surface area (Å²) in [5, 5.41) is 14.6. The second-order valence-electron chi connectivity index (χ2n) is 7.63. The SMILES string of the molecule is O=C(O)c1cc(Cl)ccc1Nc1c(C2CC[Si](O)(O)CC2)cnc2ccc(Cl)cc12. The molecule has 3 aromatic rings. The number of hydrogen-bond acceptors (Lipinski definition) is 5. The average Bonchev–Trinajstić information content (AvgIpc) is 2.69. The fourth-order valence-corrected chi connectivity index (χ4v) is 6.17. The van der Waals surface area contributed by atoms with Crippen LogP contribution in [0.3, 0.4) is 0 Å². The average molecular weight is 463 g/mol. The maximum atomic E-state index is 11.8. The number of aromatic carboxylic acids is 1. The number of aromatic nitrogens is 1. The van der Waals surface area contributed by atoms with Crippen LogP contribution >= 0.6 is 23.2 Å². The molecule has 6 nitrogen and oxygen atoms in total. The third-order valence-corrected chi connectivity index (χ3v) is 8.21. The van der Waals surface area contributed by atoms with E-state index in [9.17, 15) is 19.5 Å². The summed E-state index contributed by atoms with van der Waals surface area (Å²) in [5.74, 6) is -1.02. The molecule has 0 spiro atoms. The summed E-state index contributed by atoms with van der Waals surface area (Å²) in [6.45, 7) is 0. The molecule has 4 rings (SSSR count). The van der Waals surface area contributed by atoms with Crippen LogP contribution in [-0.2, 0) is 0 Å². The van der Waals surface area contributed by atoms with Crippen molar-refractivity contribution in [1.82, 2.24) is 4.98 Å². The Morgan fingerprint density at radius 3 is 2.43 bits per heavy atom. The molecule has 1 aromatic heterocycles. The minimum absolute atomic E-state index is 0.0567. The van der Waals surface area contributed by atoms with E-state index in [1.807, 2.05) is 6.07 Å². The highest BCUT2D eigenvalue weighted by molar-refractivity contribution is 6.64. The molecule has 156 valence electrons. The van der Waals surface area contributed by atoms with Crippen LogP contribution in [0.1, 0.15) is 34.7 Å². The normalized spacial score (nSPS) is 16.5. The monoisotopic (exact) mass is 462 g/mol. The number of carboxylic acid groups (broad SMARTS) is 1. The summed E-state index contributed by atoms with van der Waals surface area (Å²) < 4.78 is 0. The van der Waals surface area contributed by atoms with Crippen molar-refractivity contribution < 1.29 is 19.5 Å². The van der Waals surface area contributed by atoms with Crippen molar-refractivity contribution in [2.45, 2.75) is 30.8 Å². The molecular formula is C21H20Cl2N2O4Si. The molecular weight excluding hydrogens is 443 g/mol. The van der Waals surface area contributed by atoms with Gasteiger partial charge in [-0.05, 0) is 72.8 Å². The predicted octanol–water partition coefficient (Wildman–Crippen LogP) is 5.29. The highest BCUT2D eigenvalue weighted by atomic mass is 35.5. The van der Waals surface area contributed by atoms with E-state index < -0.39 is 14.5 Å². The Balaban J connectivity index is 1.85. The number of nitrogens with zero attached hydrogens (tertiary/aromatic N) is 1.